The van der Waals surface area contributed by atoms with E-state index in [-0.39, 0.29) is 0 Å². The molecule has 1 aromatic rings. The lowest BCUT2D eigenvalue weighted by Gasteiger charge is -2.06. The van der Waals surface area contributed by atoms with Crippen molar-refractivity contribution in [3.63, 3.8) is 0 Å². The van der Waals surface area contributed by atoms with Gasteiger partial charge in [0.1, 0.15) is 5.88 Å². The van der Waals surface area contributed by atoms with Gasteiger partial charge >= 0.3 is 6.03 Å². The van der Waals surface area contributed by atoms with E-state index in [4.69, 9.17) is 10.3 Å². The number of amides is 2. The summed E-state index contributed by atoms with van der Waals surface area (Å²) in [5.41, 5.74) is 5.77. The fraction of sp³-hybridized carbons (Fsp3) is 0.125. The number of carbonyl (C=O) groups is 1. The van der Waals surface area contributed by atoms with Crippen molar-refractivity contribution < 1.29 is 17.8 Å². The van der Waals surface area contributed by atoms with Crippen LogP contribution in [0.25, 0.3) is 0 Å². The molecule has 0 fully saturated rings. The molecule has 88 valence electrons. The van der Waals surface area contributed by atoms with Crippen LogP contribution in [0.1, 0.15) is 0 Å². The van der Waals surface area contributed by atoms with Crippen LogP contribution in [0.4, 0.5) is 16.2 Å². The minimum absolute atomic E-state index is 0.424. The topological polar surface area (TPSA) is 122 Å². The number of primary amides is 1. The molecule has 0 saturated carbocycles. The predicted molar refractivity (Wildman–Crippen MR) is 59.7 cm³/mol. The molecule has 0 saturated heterocycles. The second kappa shape index (κ2) is 4.81. The third-order valence-electron chi connectivity index (χ3n) is 1.59. The van der Waals surface area contributed by atoms with Crippen LogP contribution in [0.2, 0.25) is 0 Å². The van der Waals surface area contributed by atoms with Crippen LogP contribution in [0.15, 0.2) is 24.3 Å². The van der Waals surface area contributed by atoms with E-state index in [2.05, 4.69) is 10.6 Å². The Labute approximate surface area is 92.4 Å². The first-order valence-electron chi connectivity index (χ1n) is 4.22. The molecule has 0 aliphatic heterocycles. The molecule has 0 aromatic heterocycles. The summed E-state index contributed by atoms with van der Waals surface area (Å²) in [5.74, 6) is -0.604. The molecule has 0 radical (unpaired) electrons. The molecule has 0 unspecified atom stereocenters. The number of urea groups is 1. The van der Waals surface area contributed by atoms with Gasteiger partial charge in [-0.05, 0) is 18.2 Å². The molecular weight excluding hydrogens is 234 g/mol. The fourth-order valence-electron chi connectivity index (χ4n) is 1.02. The third kappa shape index (κ3) is 4.62. The van der Waals surface area contributed by atoms with E-state index >= 15 is 0 Å². The summed E-state index contributed by atoms with van der Waals surface area (Å²) in [6.45, 7) is 0. The van der Waals surface area contributed by atoms with Crippen molar-refractivity contribution in [2.75, 3.05) is 16.5 Å². The Bertz CT molecular complexity index is 486. The fourth-order valence-corrected chi connectivity index (χ4v) is 1.37. The number of nitrogens with two attached hydrogens (primary N) is 1. The van der Waals surface area contributed by atoms with Gasteiger partial charge in [-0.25, -0.2) is 4.79 Å². The number of nitrogens with one attached hydrogen (secondary N) is 2. The van der Waals surface area contributed by atoms with Gasteiger partial charge in [0.25, 0.3) is 10.1 Å². The summed E-state index contributed by atoms with van der Waals surface area (Å²) < 4.78 is 29.5. The number of hydrogen-bond acceptors (Lipinski definition) is 4. The predicted octanol–water partition coefficient (Wildman–Crippen LogP) is 0.434. The molecule has 1 rings (SSSR count). The molecule has 16 heavy (non-hydrogen) atoms. The Morgan fingerprint density at radius 1 is 1.38 bits per heavy atom. The molecule has 7 nitrogen and oxygen atoms in total. The standard InChI is InChI=1S/C8H11N3O4S/c9-8(12)11-7-3-1-2-6(4-7)10-5-16(13,14)15/h1-4,10H,5H2,(H3,9,11,12)(H,13,14,15). The van der Waals surface area contributed by atoms with Gasteiger partial charge in [0.2, 0.25) is 0 Å². The summed E-state index contributed by atoms with van der Waals surface area (Å²) in [6, 6.07) is 5.53. The van der Waals surface area contributed by atoms with E-state index in [1.54, 1.807) is 18.2 Å². The molecule has 8 heteroatoms. The van der Waals surface area contributed by atoms with E-state index in [9.17, 15) is 13.2 Å². The average Bonchev–Trinajstić information content (AvgIpc) is 2.13. The molecule has 1 aromatic carbocycles. The lowest BCUT2D eigenvalue weighted by molar-refractivity contribution is 0.259. The number of rotatable bonds is 4. The highest BCUT2D eigenvalue weighted by atomic mass is 32.2. The van der Waals surface area contributed by atoms with Crippen LogP contribution in [0, 0.1) is 0 Å². The molecule has 0 bridgehead atoms. The van der Waals surface area contributed by atoms with Crippen LogP contribution in [-0.4, -0.2) is 24.9 Å². The Morgan fingerprint density at radius 2 is 2.00 bits per heavy atom. The van der Waals surface area contributed by atoms with Gasteiger partial charge in [-0.1, -0.05) is 6.07 Å². The minimum Gasteiger partial charge on any atom is -0.370 e. The molecule has 2 amide bonds. The number of anilines is 2. The summed E-state index contributed by atoms with van der Waals surface area (Å²) >= 11 is 0. The highest BCUT2D eigenvalue weighted by Gasteiger charge is 2.04. The van der Waals surface area contributed by atoms with Crippen molar-refractivity contribution in [2.24, 2.45) is 5.73 Å². The Hall–Kier alpha value is -1.80. The first-order valence-corrected chi connectivity index (χ1v) is 5.83. The average molecular weight is 245 g/mol. The lowest BCUT2D eigenvalue weighted by Crippen LogP contribution is -2.19. The van der Waals surface area contributed by atoms with Crippen LogP contribution in [0.5, 0.6) is 0 Å². The summed E-state index contributed by atoms with van der Waals surface area (Å²) in [4.78, 5) is 10.6. The Balaban J connectivity index is 2.71. The zero-order valence-electron chi connectivity index (χ0n) is 8.17. The van der Waals surface area contributed by atoms with E-state index < -0.39 is 22.0 Å². The SMILES string of the molecule is NC(=O)Nc1cccc(NCS(=O)(=O)O)c1. The Kier molecular flexibility index (Phi) is 3.69. The van der Waals surface area contributed by atoms with Gasteiger partial charge < -0.3 is 16.4 Å². The molecule has 0 aliphatic rings. The van der Waals surface area contributed by atoms with Crippen molar-refractivity contribution >= 4 is 27.5 Å². The van der Waals surface area contributed by atoms with Gasteiger partial charge in [0.05, 0.1) is 0 Å². The number of hydrogen-bond donors (Lipinski definition) is 4. The summed E-state index contributed by atoms with van der Waals surface area (Å²) in [6.07, 6.45) is 0. The zero-order valence-corrected chi connectivity index (χ0v) is 8.99. The summed E-state index contributed by atoms with van der Waals surface area (Å²) in [7, 11) is -4.08. The third-order valence-corrected chi connectivity index (χ3v) is 2.10. The van der Waals surface area contributed by atoms with Crippen LogP contribution in [-0.2, 0) is 10.1 Å². The molecule has 0 atom stereocenters. The molecule has 5 N–H and O–H groups in total. The van der Waals surface area contributed by atoms with Gasteiger partial charge in [-0.2, -0.15) is 8.42 Å². The maximum atomic E-state index is 10.6. The van der Waals surface area contributed by atoms with Crippen molar-refractivity contribution in [1.29, 1.82) is 0 Å². The van der Waals surface area contributed by atoms with Gasteiger partial charge in [0, 0.05) is 11.4 Å². The number of carbonyl (C=O) groups excluding carboxylic acids is 1. The second-order valence-electron chi connectivity index (χ2n) is 2.97. The first kappa shape index (κ1) is 12.3. The van der Waals surface area contributed by atoms with E-state index in [0.717, 1.165) is 0 Å². The van der Waals surface area contributed by atoms with E-state index in [1.165, 1.54) is 6.07 Å². The van der Waals surface area contributed by atoms with Gasteiger partial charge in [-0.15, -0.1) is 0 Å². The van der Waals surface area contributed by atoms with Gasteiger partial charge in [-0.3, -0.25) is 4.55 Å². The number of benzene rings is 1. The lowest BCUT2D eigenvalue weighted by atomic mass is 10.3. The Morgan fingerprint density at radius 3 is 2.56 bits per heavy atom. The highest BCUT2D eigenvalue weighted by molar-refractivity contribution is 7.85. The van der Waals surface area contributed by atoms with E-state index in [1.807, 2.05) is 0 Å². The molecule has 0 aliphatic carbocycles. The maximum Gasteiger partial charge on any atom is 0.316 e. The second-order valence-corrected chi connectivity index (χ2v) is 4.43. The van der Waals surface area contributed by atoms with Crippen LogP contribution < -0.4 is 16.4 Å². The normalized spacial score (nSPS) is 10.8. The van der Waals surface area contributed by atoms with E-state index in [0.29, 0.717) is 11.4 Å². The summed E-state index contributed by atoms with van der Waals surface area (Å²) in [5, 5.41) is 4.80. The first-order chi connectivity index (χ1) is 7.37. The quantitative estimate of drug-likeness (QED) is 0.573. The molecular formula is C8H11N3O4S. The highest BCUT2D eigenvalue weighted by Crippen LogP contribution is 2.14. The van der Waals surface area contributed by atoms with Gasteiger partial charge in [0.15, 0.2) is 0 Å². The van der Waals surface area contributed by atoms with Crippen molar-refractivity contribution in [1.82, 2.24) is 0 Å². The molecule has 0 spiro atoms. The zero-order chi connectivity index (χ0) is 12.2. The van der Waals surface area contributed by atoms with Crippen LogP contribution in [0.3, 0.4) is 0 Å². The molecule has 0 heterocycles. The van der Waals surface area contributed by atoms with Crippen molar-refractivity contribution in [3.8, 4) is 0 Å². The van der Waals surface area contributed by atoms with Crippen molar-refractivity contribution in [3.05, 3.63) is 24.3 Å². The monoisotopic (exact) mass is 245 g/mol. The largest absolute Gasteiger partial charge is 0.370 e. The minimum atomic E-state index is -4.08. The smallest absolute Gasteiger partial charge is 0.316 e. The van der Waals surface area contributed by atoms with Crippen LogP contribution >= 0.6 is 0 Å². The maximum absolute atomic E-state index is 10.6. The van der Waals surface area contributed by atoms with Crippen molar-refractivity contribution in [2.45, 2.75) is 0 Å².